The van der Waals surface area contributed by atoms with Gasteiger partial charge in [0, 0.05) is 51.6 Å². The highest BCUT2D eigenvalue weighted by Gasteiger charge is 2.10. The van der Waals surface area contributed by atoms with Crippen LogP contribution in [0.3, 0.4) is 0 Å². The van der Waals surface area contributed by atoms with Gasteiger partial charge in [-0.3, -0.25) is 9.59 Å². The van der Waals surface area contributed by atoms with Crippen LogP contribution in [0, 0.1) is 0 Å². The van der Waals surface area contributed by atoms with Gasteiger partial charge in [-0.05, 0) is 42.8 Å². The Morgan fingerprint density at radius 3 is 1.72 bits per heavy atom. The lowest BCUT2D eigenvalue weighted by Gasteiger charge is -2.06. The summed E-state index contributed by atoms with van der Waals surface area (Å²) in [6.45, 7) is 2.45. The van der Waals surface area contributed by atoms with Crippen LogP contribution in [0.15, 0.2) is 48.8 Å². The third-order valence-corrected chi connectivity index (χ3v) is 5.83. The van der Waals surface area contributed by atoms with Crippen molar-refractivity contribution < 1.29 is 9.59 Å². The molecule has 0 atom stereocenters. The normalized spacial score (nSPS) is 10.6. The fourth-order valence-corrected chi connectivity index (χ4v) is 3.83. The molecule has 32 heavy (non-hydrogen) atoms. The molecule has 0 spiro atoms. The van der Waals surface area contributed by atoms with Crippen LogP contribution in [0.5, 0.6) is 0 Å². The molecular weight excluding hydrogens is 516 g/mol. The summed E-state index contributed by atoms with van der Waals surface area (Å²) in [5.41, 5.74) is 0.917. The van der Waals surface area contributed by atoms with E-state index in [1.54, 1.807) is 36.4 Å². The van der Waals surface area contributed by atoms with Gasteiger partial charge in [0.2, 0.25) is 0 Å². The third kappa shape index (κ3) is 5.42. The summed E-state index contributed by atoms with van der Waals surface area (Å²) < 4.78 is 0. The van der Waals surface area contributed by atoms with Gasteiger partial charge >= 0.3 is 0 Å². The number of aromatic nitrogens is 2. The van der Waals surface area contributed by atoms with Crippen molar-refractivity contribution in [3.05, 3.63) is 80.3 Å². The van der Waals surface area contributed by atoms with Crippen molar-refractivity contribution in [3.8, 4) is 0 Å². The summed E-state index contributed by atoms with van der Waals surface area (Å²) in [7, 11) is 0. The number of pyridine rings is 2. The van der Waals surface area contributed by atoms with E-state index in [2.05, 4.69) is 15.3 Å². The van der Waals surface area contributed by atoms with E-state index < -0.39 is 5.24 Å². The summed E-state index contributed by atoms with van der Waals surface area (Å²) in [6.07, 6.45) is 2.96. The smallest absolute Gasteiger partial charge is 0.252 e. The second-order valence-electron chi connectivity index (χ2n) is 6.45. The molecule has 0 unspecified atom stereocenters. The van der Waals surface area contributed by atoms with E-state index in [0.717, 1.165) is 10.8 Å². The number of hydrogen-bond acceptors (Lipinski definition) is 4. The SMILES string of the molecule is CCNC(=O)c1ccc2c(Cl)cnc(Cl)c2c1.O=C(Cl)c1ccc2c(Cl)cnc(Cl)c2c1. The van der Waals surface area contributed by atoms with Crippen molar-refractivity contribution in [2.24, 2.45) is 0 Å². The van der Waals surface area contributed by atoms with E-state index in [1.165, 1.54) is 12.4 Å². The second-order valence-corrected chi connectivity index (χ2v) is 8.32. The fourth-order valence-electron chi connectivity index (χ4n) is 2.88. The van der Waals surface area contributed by atoms with Crippen LogP contribution in [0.4, 0.5) is 0 Å². The Hall–Kier alpha value is -2.15. The van der Waals surface area contributed by atoms with Crippen LogP contribution in [-0.4, -0.2) is 27.7 Å². The van der Waals surface area contributed by atoms with Gasteiger partial charge in [-0.1, -0.05) is 58.5 Å². The number of carbonyl (C=O) groups is 2. The molecule has 0 aliphatic carbocycles. The number of rotatable bonds is 3. The Labute approximate surface area is 208 Å². The van der Waals surface area contributed by atoms with Gasteiger partial charge in [-0.15, -0.1) is 0 Å². The molecule has 4 aromatic rings. The molecule has 2 heterocycles. The molecule has 5 nitrogen and oxygen atoms in total. The zero-order valence-corrected chi connectivity index (χ0v) is 20.2. The molecule has 10 heteroatoms. The molecule has 0 saturated heterocycles. The van der Waals surface area contributed by atoms with Crippen LogP contribution in [0.2, 0.25) is 20.4 Å². The van der Waals surface area contributed by atoms with Crippen LogP contribution >= 0.6 is 58.0 Å². The van der Waals surface area contributed by atoms with Crippen LogP contribution in [0.25, 0.3) is 21.5 Å². The predicted octanol–water partition coefficient (Wildman–Crippen LogP) is 7.21. The van der Waals surface area contributed by atoms with Crippen molar-refractivity contribution in [3.63, 3.8) is 0 Å². The zero-order chi connectivity index (χ0) is 23.4. The molecule has 2 aromatic carbocycles. The standard InChI is InChI=1S/C12H10Cl2N2O.C10H4Cl3NO/c1-2-15-12(17)7-3-4-8-9(5-7)11(14)16-6-10(8)13;11-8-4-14-9(12)7-3-5(10(13)15)1-2-6(7)8/h3-6H,2H2,1H3,(H,15,17);1-4H. The van der Waals surface area contributed by atoms with Crippen LogP contribution in [0.1, 0.15) is 27.6 Å². The summed E-state index contributed by atoms with van der Waals surface area (Å²) in [4.78, 5) is 30.5. The topological polar surface area (TPSA) is 72.0 Å². The molecular formula is C22H14Cl5N3O2. The van der Waals surface area contributed by atoms with Crippen molar-refractivity contribution in [2.75, 3.05) is 6.54 Å². The second kappa shape index (κ2) is 10.6. The minimum absolute atomic E-state index is 0.134. The Morgan fingerprint density at radius 1 is 0.781 bits per heavy atom. The maximum Gasteiger partial charge on any atom is 0.252 e. The first-order chi connectivity index (χ1) is 15.2. The molecule has 0 bridgehead atoms. The number of nitrogens with zero attached hydrogens (tertiary/aromatic N) is 2. The number of benzene rings is 2. The first kappa shape index (κ1) is 24.5. The lowest BCUT2D eigenvalue weighted by Crippen LogP contribution is -2.22. The zero-order valence-electron chi connectivity index (χ0n) is 16.4. The fraction of sp³-hybridized carbons (Fsp3) is 0.0909. The van der Waals surface area contributed by atoms with E-state index in [1.807, 2.05) is 6.92 Å². The van der Waals surface area contributed by atoms with Gasteiger partial charge in [0.1, 0.15) is 10.3 Å². The van der Waals surface area contributed by atoms with Crippen molar-refractivity contribution in [2.45, 2.75) is 6.92 Å². The van der Waals surface area contributed by atoms with E-state index >= 15 is 0 Å². The Morgan fingerprint density at radius 2 is 1.25 bits per heavy atom. The monoisotopic (exact) mass is 527 g/mol. The molecule has 2 aromatic heterocycles. The molecule has 0 radical (unpaired) electrons. The van der Waals surface area contributed by atoms with Gasteiger partial charge in [0.15, 0.2) is 0 Å². The molecule has 1 N–H and O–H groups in total. The molecule has 0 saturated carbocycles. The third-order valence-electron chi connectivity index (χ3n) is 4.41. The summed E-state index contributed by atoms with van der Waals surface area (Å²) >= 11 is 29.1. The largest absolute Gasteiger partial charge is 0.352 e. The summed E-state index contributed by atoms with van der Waals surface area (Å²) in [5.74, 6) is -0.134. The number of carbonyl (C=O) groups excluding carboxylic acids is 2. The first-order valence-corrected chi connectivity index (χ1v) is 11.1. The molecule has 4 rings (SSSR count). The van der Waals surface area contributed by atoms with Gasteiger partial charge in [-0.2, -0.15) is 0 Å². The van der Waals surface area contributed by atoms with Crippen LogP contribution < -0.4 is 5.32 Å². The van der Waals surface area contributed by atoms with Gasteiger partial charge in [0.25, 0.3) is 11.1 Å². The van der Waals surface area contributed by atoms with Crippen molar-refractivity contribution in [1.82, 2.24) is 15.3 Å². The minimum Gasteiger partial charge on any atom is -0.352 e. The lowest BCUT2D eigenvalue weighted by atomic mass is 10.1. The molecule has 0 fully saturated rings. The predicted molar refractivity (Wildman–Crippen MR) is 132 cm³/mol. The van der Waals surface area contributed by atoms with E-state index in [9.17, 15) is 9.59 Å². The quantitative estimate of drug-likeness (QED) is 0.225. The maximum absolute atomic E-state index is 11.7. The van der Waals surface area contributed by atoms with Crippen molar-refractivity contribution in [1.29, 1.82) is 0 Å². The van der Waals surface area contributed by atoms with E-state index in [4.69, 9.17) is 58.0 Å². The van der Waals surface area contributed by atoms with E-state index in [0.29, 0.717) is 48.8 Å². The highest BCUT2D eigenvalue weighted by Crippen LogP contribution is 2.29. The number of amides is 1. The first-order valence-electron chi connectivity index (χ1n) is 9.18. The highest BCUT2D eigenvalue weighted by atomic mass is 35.5. The lowest BCUT2D eigenvalue weighted by molar-refractivity contribution is 0.0955. The van der Waals surface area contributed by atoms with Gasteiger partial charge in [0.05, 0.1) is 10.0 Å². The van der Waals surface area contributed by atoms with Crippen LogP contribution in [-0.2, 0) is 0 Å². The molecule has 1 amide bonds. The number of halogens is 5. The Kier molecular flexibility index (Phi) is 8.15. The van der Waals surface area contributed by atoms with E-state index in [-0.39, 0.29) is 5.91 Å². The van der Waals surface area contributed by atoms with Gasteiger partial charge < -0.3 is 5.32 Å². The Bertz CT molecular complexity index is 1340. The van der Waals surface area contributed by atoms with Crippen molar-refractivity contribution >= 4 is 90.7 Å². The average molecular weight is 530 g/mol. The van der Waals surface area contributed by atoms with Gasteiger partial charge in [-0.25, -0.2) is 9.97 Å². The number of fused-ring (bicyclic) bond motifs is 2. The average Bonchev–Trinajstić information content (AvgIpc) is 2.79. The molecule has 0 aliphatic rings. The maximum atomic E-state index is 11.7. The summed E-state index contributed by atoms with van der Waals surface area (Å²) in [5, 5.41) is 6.69. The summed E-state index contributed by atoms with van der Waals surface area (Å²) in [6, 6.07) is 10.1. The highest BCUT2D eigenvalue weighted by molar-refractivity contribution is 6.67. The number of hydrogen-bond donors (Lipinski definition) is 1. The Balaban J connectivity index is 0.000000182. The minimum atomic E-state index is -0.534. The molecule has 0 aliphatic heterocycles. The number of nitrogens with one attached hydrogen (secondary N) is 1. The molecule has 164 valence electrons.